The van der Waals surface area contributed by atoms with E-state index < -0.39 is 0 Å². The number of fused-ring (bicyclic) bond motifs is 1. The molecule has 0 aliphatic rings. The molecule has 29 heavy (non-hydrogen) atoms. The summed E-state index contributed by atoms with van der Waals surface area (Å²) in [4.78, 5) is 20.3. The molecule has 8 nitrogen and oxygen atoms in total. The van der Waals surface area contributed by atoms with Gasteiger partial charge in [-0.3, -0.25) is 4.79 Å². The van der Waals surface area contributed by atoms with Gasteiger partial charge in [-0.05, 0) is 42.5 Å². The van der Waals surface area contributed by atoms with Gasteiger partial charge in [-0.2, -0.15) is 24.8 Å². The lowest BCUT2D eigenvalue weighted by Gasteiger charge is -2.10. The molecule has 0 aliphatic carbocycles. The van der Waals surface area contributed by atoms with Crippen LogP contribution in [0.15, 0.2) is 54.7 Å². The second-order valence-corrected chi connectivity index (χ2v) is 6.61. The Labute approximate surface area is 170 Å². The van der Waals surface area contributed by atoms with Gasteiger partial charge in [0.1, 0.15) is 11.6 Å². The van der Waals surface area contributed by atoms with Crippen molar-refractivity contribution in [3.8, 4) is 17.5 Å². The van der Waals surface area contributed by atoms with Crippen LogP contribution >= 0.6 is 11.6 Å². The Morgan fingerprint density at radius 1 is 1.14 bits per heavy atom. The maximum atomic E-state index is 11.3. The molecular formula is C20H14ClN7O. The van der Waals surface area contributed by atoms with Crippen molar-refractivity contribution in [2.24, 2.45) is 0 Å². The van der Waals surface area contributed by atoms with Crippen LogP contribution in [0.5, 0.6) is 0 Å². The molecule has 0 radical (unpaired) electrons. The molecule has 2 N–H and O–H groups in total. The third-order valence-electron chi connectivity index (χ3n) is 4.03. The molecular weight excluding hydrogens is 390 g/mol. The van der Waals surface area contributed by atoms with E-state index in [2.05, 4.69) is 31.8 Å². The van der Waals surface area contributed by atoms with E-state index >= 15 is 0 Å². The van der Waals surface area contributed by atoms with E-state index in [0.29, 0.717) is 39.4 Å². The van der Waals surface area contributed by atoms with Gasteiger partial charge in [-0.1, -0.05) is 17.7 Å². The summed E-state index contributed by atoms with van der Waals surface area (Å²) >= 11 is 5.99. The van der Waals surface area contributed by atoms with Crippen molar-refractivity contribution in [1.82, 2.24) is 19.6 Å². The largest absolute Gasteiger partial charge is 0.326 e. The highest BCUT2D eigenvalue weighted by Crippen LogP contribution is 2.25. The normalized spacial score (nSPS) is 10.5. The molecule has 4 rings (SSSR count). The second kappa shape index (κ2) is 7.58. The summed E-state index contributed by atoms with van der Waals surface area (Å²) in [6, 6.07) is 16.4. The summed E-state index contributed by atoms with van der Waals surface area (Å²) in [5.74, 6) is 0.635. The highest BCUT2D eigenvalue weighted by molar-refractivity contribution is 6.30. The van der Waals surface area contributed by atoms with Crippen molar-refractivity contribution in [2.45, 2.75) is 6.92 Å². The minimum atomic E-state index is -0.164. The lowest BCUT2D eigenvalue weighted by Crippen LogP contribution is -2.07. The summed E-state index contributed by atoms with van der Waals surface area (Å²) < 4.78 is 1.51. The van der Waals surface area contributed by atoms with Gasteiger partial charge in [0.05, 0.1) is 6.20 Å². The van der Waals surface area contributed by atoms with Gasteiger partial charge in [-0.15, -0.1) is 0 Å². The van der Waals surface area contributed by atoms with Crippen LogP contribution in [0.4, 0.5) is 17.3 Å². The zero-order valence-corrected chi connectivity index (χ0v) is 16.0. The summed E-state index contributed by atoms with van der Waals surface area (Å²) in [6.07, 6.45) is 1.45. The van der Waals surface area contributed by atoms with Crippen molar-refractivity contribution < 1.29 is 4.79 Å². The molecule has 0 spiro atoms. The molecule has 0 saturated heterocycles. The molecule has 9 heteroatoms. The predicted octanol–water partition coefficient (Wildman–Crippen LogP) is 4.02. The number of carbonyl (C=O) groups excluding carboxylic acids is 1. The topological polar surface area (TPSA) is 108 Å². The number of amides is 1. The van der Waals surface area contributed by atoms with Crippen LogP contribution in [0.25, 0.3) is 17.0 Å². The number of nitrogens with one attached hydrogen (secondary N) is 2. The van der Waals surface area contributed by atoms with E-state index in [1.807, 2.05) is 18.2 Å². The Morgan fingerprint density at radius 3 is 2.62 bits per heavy atom. The zero-order chi connectivity index (χ0) is 20.4. The average Bonchev–Trinajstić information content (AvgIpc) is 3.11. The summed E-state index contributed by atoms with van der Waals surface area (Å²) in [6.45, 7) is 1.44. The van der Waals surface area contributed by atoms with Crippen LogP contribution < -0.4 is 10.6 Å². The first-order valence-electron chi connectivity index (χ1n) is 8.60. The molecule has 0 fully saturated rings. The molecule has 2 aromatic heterocycles. The molecule has 0 atom stereocenters. The number of halogens is 1. The fourth-order valence-electron chi connectivity index (χ4n) is 2.81. The van der Waals surface area contributed by atoms with Gasteiger partial charge >= 0.3 is 0 Å². The van der Waals surface area contributed by atoms with Gasteiger partial charge in [0.25, 0.3) is 0 Å². The maximum absolute atomic E-state index is 11.3. The predicted molar refractivity (Wildman–Crippen MR) is 110 cm³/mol. The third-order valence-corrected chi connectivity index (χ3v) is 4.28. The molecule has 0 unspecified atom stereocenters. The molecule has 2 aromatic carbocycles. The lowest BCUT2D eigenvalue weighted by atomic mass is 10.2. The Hall–Kier alpha value is -3.96. The smallest absolute Gasteiger partial charge is 0.231 e. The van der Waals surface area contributed by atoms with Crippen molar-refractivity contribution in [1.29, 1.82) is 5.26 Å². The van der Waals surface area contributed by atoms with Crippen LogP contribution in [0.2, 0.25) is 5.02 Å². The minimum Gasteiger partial charge on any atom is -0.326 e. The van der Waals surface area contributed by atoms with Crippen LogP contribution in [0.3, 0.4) is 0 Å². The highest BCUT2D eigenvalue weighted by atomic mass is 35.5. The van der Waals surface area contributed by atoms with Gasteiger partial charge in [-0.25, -0.2) is 0 Å². The Bertz CT molecular complexity index is 1260. The SMILES string of the molecule is CC(=O)Nc1cccc(Nc2nc(-c3ccc(Cl)cc3)n3ncc(C#N)c3n2)c1. The molecule has 4 aromatic rings. The van der Waals surface area contributed by atoms with Gasteiger partial charge in [0, 0.05) is 28.9 Å². The first-order valence-corrected chi connectivity index (χ1v) is 8.98. The number of benzene rings is 2. The zero-order valence-electron chi connectivity index (χ0n) is 15.2. The van der Waals surface area contributed by atoms with Gasteiger partial charge < -0.3 is 10.6 Å². The number of carbonyl (C=O) groups is 1. The van der Waals surface area contributed by atoms with Crippen molar-refractivity contribution in [3.63, 3.8) is 0 Å². The van der Waals surface area contributed by atoms with Gasteiger partial charge in [0.15, 0.2) is 11.5 Å². The number of nitriles is 1. The average molecular weight is 404 g/mol. The van der Waals surface area contributed by atoms with E-state index in [9.17, 15) is 10.1 Å². The fourth-order valence-corrected chi connectivity index (χ4v) is 2.93. The molecule has 2 heterocycles. The monoisotopic (exact) mass is 403 g/mol. The Kier molecular flexibility index (Phi) is 4.81. The summed E-state index contributed by atoms with van der Waals surface area (Å²) in [5.41, 5.74) is 2.80. The number of aromatic nitrogens is 4. The van der Waals surface area contributed by atoms with E-state index in [-0.39, 0.29) is 5.91 Å². The molecule has 0 saturated carbocycles. The molecule has 1 amide bonds. The highest BCUT2D eigenvalue weighted by Gasteiger charge is 2.15. The Balaban J connectivity index is 1.80. The van der Waals surface area contributed by atoms with Crippen molar-refractivity contribution >= 4 is 40.5 Å². The summed E-state index contributed by atoms with van der Waals surface area (Å²) in [7, 11) is 0. The van der Waals surface area contributed by atoms with Crippen molar-refractivity contribution in [3.05, 3.63) is 65.3 Å². The second-order valence-electron chi connectivity index (χ2n) is 6.17. The fraction of sp³-hybridized carbons (Fsp3) is 0.0500. The van der Waals surface area contributed by atoms with E-state index in [0.717, 1.165) is 5.56 Å². The molecule has 0 bridgehead atoms. The van der Waals surface area contributed by atoms with E-state index in [1.165, 1.54) is 17.6 Å². The molecule has 0 aliphatic heterocycles. The van der Waals surface area contributed by atoms with Crippen LogP contribution in [-0.2, 0) is 4.79 Å². The first-order chi connectivity index (χ1) is 14.0. The lowest BCUT2D eigenvalue weighted by molar-refractivity contribution is -0.114. The number of anilines is 3. The van der Waals surface area contributed by atoms with Crippen LogP contribution in [-0.4, -0.2) is 25.5 Å². The number of hydrogen-bond donors (Lipinski definition) is 2. The van der Waals surface area contributed by atoms with Gasteiger partial charge in [0.2, 0.25) is 11.9 Å². The molecule has 142 valence electrons. The number of rotatable bonds is 4. The minimum absolute atomic E-state index is 0.164. The first kappa shape index (κ1) is 18.4. The maximum Gasteiger partial charge on any atom is 0.231 e. The quantitative estimate of drug-likeness (QED) is 0.532. The van der Waals surface area contributed by atoms with E-state index in [4.69, 9.17) is 11.6 Å². The van der Waals surface area contributed by atoms with E-state index in [1.54, 1.807) is 30.3 Å². The third kappa shape index (κ3) is 3.85. The number of hydrogen-bond acceptors (Lipinski definition) is 6. The standard InChI is InChI=1S/C20H14ClN7O/c1-12(29)24-16-3-2-4-17(9-16)25-20-26-18(13-5-7-15(21)8-6-13)28-19(27-20)14(10-22)11-23-28/h2-9,11H,1H3,(H,24,29)(H,25,27). The van der Waals surface area contributed by atoms with Crippen LogP contribution in [0.1, 0.15) is 12.5 Å². The number of nitrogens with zero attached hydrogens (tertiary/aromatic N) is 5. The van der Waals surface area contributed by atoms with Crippen molar-refractivity contribution in [2.75, 3.05) is 10.6 Å². The van der Waals surface area contributed by atoms with Crippen LogP contribution in [0, 0.1) is 11.3 Å². The Morgan fingerprint density at radius 2 is 1.90 bits per heavy atom. The summed E-state index contributed by atoms with van der Waals surface area (Å²) in [5, 5.41) is 20.1.